The number of rotatable bonds is 5. The molecule has 0 spiro atoms. The summed E-state index contributed by atoms with van der Waals surface area (Å²) in [5.41, 5.74) is 3.61. The number of hydrogen-bond donors (Lipinski definition) is 1. The van der Waals surface area contributed by atoms with Crippen LogP contribution in [0, 0.1) is 21.4 Å². The molecule has 1 unspecified atom stereocenters. The molecule has 0 amide bonds. The molecule has 6 nitrogen and oxygen atoms in total. The van der Waals surface area contributed by atoms with Gasteiger partial charge in [0.15, 0.2) is 0 Å². The zero-order valence-corrected chi connectivity index (χ0v) is 18.5. The highest BCUT2D eigenvalue weighted by Gasteiger charge is 2.36. The van der Waals surface area contributed by atoms with Gasteiger partial charge in [-0.3, -0.25) is 10.1 Å². The van der Waals surface area contributed by atoms with Crippen molar-refractivity contribution in [3.63, 3.8) is 0 Å². The summed E-state index contributed by atoms with van der Waals surface area (Å²) < 4.78 is 0. The van der Waals surface area contributed by atoms with Crippen LogP contribution in [0.5, 0.6) is 0 Å². The van der Waals surface area contributed by atoms with E-state index in [-0.39, 0.29) is 27.5 Å². The van der Waals surface area contributed by atoms with Crippen molar-refractivity contribution in [3.8, 4) is 0 Å². The van der Waals surface area contributed by atoms with E-state index in [2.05, 4.69) is 20.8 Å². The number of hydrogen-bond acceptors (Lipinski definition) is 4. The summed E-state index contributed by atoms with van der Waals surface area (Å²) in [7, 11) is 0. The number of nitro groups is 1. The van der Waals surface area contributed by atoms with E-state index in [4.69, 9.17) is 4.98 Å². The van der Waals surface area contributed by atoms with Crippen LogP contribution in [0.25, 0.3) is 22.6 Å². The van der Waals surface area contributed by atoms with Gasteiger partial charge in [-0.05, 0) is 53.5 Å². The molecule has 2 aromatic carbocycles. The Hall–Kier alpha value is -3.54. The molecule has 0 bridgehead atoms. The van der Waals surface area contributed by atoms with E-state index in [0.717, 1.165) is 17.6 Å². The molecule has 1 aliphatic rings. The van der Waals surface area contributed by atoms with Crippen LogP contribution < -0.4 is 0 Å². The number of nitro benzene ring substituents is 1. The highest BCUT2D eigenvalue weighted by Crippen LogP contribution is 2.46. The second-order valence-corrected chi connectivity index (χ2v) is 9.07. The number of carbonyl (C=O) groups is 1. The standard InChI is InChI=1S/C26H26N2O4/c1-4-26(2,3)18-14-17(13-16-9-5-8-12-22(16)28(31)32)24-20(15-18)23(25(29)30)19-10-6-7-11-21(19)27-24/h5-13,18H,4,14-15H2,1-3H3,(H,29,30). The fraction of sp³-hybridized carbons (Fsp3) is 0.308. The lowest BCUT2D eigenvalue weighted by Crippen LogP contribution is -2.30. The number of fused-ring (bicyclic) bond motifs is 2. The highest BCUT2D eigenvalue weighted by molar-refractivity contribution is 6.06. The van der Waals surface area contributed by atoms with Crippen LogP contribution in [0.2, 0.25) is 0 Å². The lowest BCUT2D eigenvalue weighted by molar-refractivity contribution is -0.385. The summed E-state index contributed by atoms with van der Waals surface area (Å²) in [6.45, 7) is 6.53. The molecule has 1 N–H and O–H groups in total. The van der Waals surface area contributed by atoms with Crippen molar-refractivity contribution in [1.82, 2.24) is 4.98 Å². The zero-order valence-electron chi connectivity index (χ0n) is 18.5. The van der Waals surface area contributed by atoms with Crippen LogP contribution in [0.15, 0.2) is 48.5 Å². The molecule has 0 fully saturated rings. The Morgan fingerprint density at radius 1 is 1.19 bits per heavy atom. The summed E-state index contributed by atoms with van der Waals surface area (Å²) in [6.07, 6.45) is 4.06. The summed E-state index contributed by atoms with van der Waals surface area (Å²) >= 11 is 0. The van der Waals surface area contributed by atoms with Crippen molar-refractivity contribution >= 4 is 34.2 Å². The molecule has 1 atom stereocenters. The summed E-state index contributed by atoms with van der Waals surface area (Å²) in [4.78, 5) is 28.4. The third-order valence-corrected chi connectivity index (χ3v) is 6.91. The van der Waals surface area contributed by atoms with Crippen LogP contribution in [0.4, 0.5) is 5.69 Å². The SMILES string of the molecule is CCC(C)(C)C1CC(=Cc2ccccc2[N+](=O)[O-])c2nc3ccccc3c(C(=O)O)c2C1. The molecule has 0 aliphatic heterocycles. The first-order chi connectivity index (χ1) is 15.2. The molecule has 3 aromatic rings. The van der Waals surface area contributed by atoms with Crippen molar-refractivity contribution in [2.45, 2.75) is 40.0 Å². The van der Waals surface area contributed by atoms with Gasteiger partial charge < -0.3 is 5.11 Å². The van der Waals surface area contributed by atoms with Crippen LogP contribution in [-0.2, 0) is 6.42 Å². The Kier molecular flexibility index (Phi) is 5.55. The summed E-state index contributed by atoms with van der Waals surface area (Å²) in [5, 5.41) is 22.3. The minimum Gasteiger partial charge on any atom is -0.478 e. The Balaban J connectivity index is 2.02. The number of pyridine rings is 1. The third kappa shape index (κ3) is 3.77. The molecule has 6 heteroatoms. The first-order valence-electron chi connectivity index (χ1n) is 10.8. The molecule has 32 heavy (non-hydrogen) atoms. The van der Waals surface area contributed by atoms with E-state index >= 15 is 0 Å². The van der Waals surface area contributed by atoms with Crippen LogP contribution in [-0.4, -0.2) is 21.0 Å². The van der Waals surface area contributed by atoms with Gasteiger partial charge in [0.25, 0.3) is 5.69 Å². The van der Waals surface area contributed by atoms with E-state index in [1.54, 1.807) is 24.3 Å². The fourth-order valence-corrected chi connectivity index (χ4v) is 4.57. The maximum Gasteiger partial charge on any atom is 0.336 e. The van der Waals surface area contributed by atoms with E-state index in [1.165, 1.54) is 6.07 Å². The molecule has 0 radical (unpaired) electrons. The number of para-hydroxylation sites is 2. The highest BCUT2D eigenvalue weighted by atomic mass is 16.6. The predicted octanol–water partition coefficient (Wildman–Crippen LogP) is 6.38. The molecule has 0 saturated heterocycles. The van der Waals surface area contributed by atoms with E-state index in [0.29, 0.717) is 35.0 Å². The van der Waals surface area contributed by atoms with Crippen LogP contribution in [0.1, 0.15) is 60.8 Å². The van der Waals surface area contributed by atoms with Gasteiger partial charge in [-0.25, -0.2) is 9.78 Å². The first kappa shape index (κ1) is 21.7. The maximum atomic E-state index is 12.4. The summed E-state index contributed by atoms with van der Waals surface area (Å²) in [6, 6.07) is 13.9. The Morgan fingerprint density at radius 3 is 2.56 bits per heavy atom. The quantitative estimate of drug-likeness (QED) is 0.374. The normalized spacial score (nSPS) is 17.3. The average Bonchev–Trinajstić information content (AvgIpc) is 2.77. The van der Waals surface area contributed by atoms with Crippen molar-refractivity contribution in [2.75, 3.05) is 0 Å². The molecular weight excluding hydrogens is 404 g/mol. The Morgan fingerprint density at radius 2 is 1.88 bits per heavy atom. The molecule has 1 aliphatic carbocycles. The van der Waals surface area contributed by atoms with E-state index in [9.17, 15) is 20.0 Å². The van der Waals surface area contributed by atoms with E-state index in [1.807, 2.05) is 24.3 Å². The fourth-order valence-electron chi connectivity index (χ4n) is 4.57. The van der Waals surface area contributed by atoms with Gasteiger partial charge in [0.05, 0.1) is 27.3 Å². The second-order valence-electron chi connectivity index (χ2n) is 9.07. The van der Waals surface area contributed by atoms with Gasteiger partial charge >= 0.3 is 5.97 Å². The number of allylic oxidation sites excluding steroid dienone is 1. The van der Waals surface area contributed by atoms with Crippen molar-refractivity contribution in [2.24, 2.45) is 11.3 Å². The molecule has 1 heterocycles. The van der Waals surface area contributed by atoms with Crippen molar-refractivity contribution in [3.05, 3.63) is 81.0 Å². The van der Waals surface area contributed by atoms with Gasteiger partial charge in [0.1, 0.15) is 0 Å². The van der Waals surface area contributed by atoms with Gasteiger partial charge in [0, 0.05) is 11.5 Å². The van der Waals surface area contributed by atoms with Gasteiger partial charge in [0.2, 0.25) is 0 Å². The molecule has 164 valence electrons. The lowest BCUT2D eigenvalue weighted by atomic mass is 9.67. The van der Waals surface area contributed by atoms with Crippen LogP contribution in [0.3, 0.4) is 0 Å². The maximum absolute atomic E-state index is 12.4. The monoisotopic (exact) mass is 430 g/mol. The van der Waals surface area contributed by atoms with Crippen LogP contribution >= 0.6 is 0 Å². The van der Waals surface area contributed by atoms with Gasteiger partial charge in [-0.15, -0.1) is 0 Å². The predicted molar refractivity (Wildman–Crippen MR) is 126 cm³/mol. The lowest BCUT2D eigenvalue weighted by Gasteiger charge is -2.38. The minimum absolute atomic E-state index is 0.0256. The number of benzene rings is 2. The third-order valence-electron chi connectivity index (χ3n) is 6.91. The first-order valence-corrected chi connectivity index (χ1v) is 10.8. The molecule has 0 saturated carbocycles. The molecule has 1 aromatic heterocycles. The number of carboxylic acids is 1. The largest absolute Gasteiger partial charge is 0.478 e. The van der Waals surface area contributed by atoms with E-state index < -0.39 is 5.97 Å². The van der Waals surface area contributed by atoms with Gasteiger partial charge in [-0.2, -0.15) is 0 Å². The second kappa shape index (κ2) is 8.19. The minimum atomic E-state index is -0.972. The van der Waals surface area contributed by atoms with Crippen molar-refractivity contribution in [1.29, 1.82) is 0 Å². The Bertz CT molecular complexity index is 1260. The topological polar surface area (TPSA) is 93.3 Å². The zero-order chi connectivity index (χ0) is 23.0. The van der Waals surface area contributed by atoms with Gasteiger partial charge in [-0.1, -0.05) is 57.5 Å². The average molecular weight is 431 g/mol. The Labute approximate surface area is 186 Å². The van der Waals surface area contributed by atoms with Crippen molar-refractivity contribution < 1.29 is 14.8 Å². The molecular formula is C26H26N2O4. The number of aromatic nitrogens is 1. The number of nitrogens with zero attached hydrogens (tertiary/aromatic N) is 2. The number of aromatic carboxylic acids is 1. The summed E-state index contributed by atoms with van der Waals surface area (Å²) in [5.74, 6) is -0.782. The smallest absolute Gasteiger partial charge is 0.336 e. The molecule has 4 rings (SSSR count). The number of carboxylic acid groups (broad SMARTS) is 1.